The summed E-state index contributed by atoms with van der Waals surface area (Å²) in [5.74, 6) is -0.474. The van der Waals surface area contributed by atoms with Gasteiger partial charge in [-0.25, -0.2) is 5.26 Å². The number of phenols is 2. The van der Waals surface area contributed by atoms with E-state index in [1.54, 1.807) is 0 Å². The third-order valence-electron chi connectivity index (χ3n) is 1.04. The molecule has 0 aliphatic heterocycles. The van der Waals surface area contributed by atoms with Gasteiger partial charge in [0, 0.05) is 6.07 Å². The highest BCUT2D eigenvalue weighted by atomic mass is 17.1. The maximum absolute atomic E-state index is 8.85. The van der Waals surface area contributed by atoms with Crippen LogP contribution in [0.3, 0.4) is 0 Å². The fourth-order valence-electron chi connectivity index (χ4n) is 0.583. The van der Waals surface area contributed by atoms with E-state index < -0.39 is 0 Å². The van der Waals surface area contributed by atoms with E-state index in [1.165, 1.54) is 12.1 Å². The van der Waals surface area contributed by atoms with Gasteiger partial charge in [0.1, 0.15) is 5.75 Å². The SMILES string of the molecule is OOc1ccc(O)cc1O. The van der Waals surface area contributed by atoms with Gasteiger partial charge in [-0.2, -0.15) is 0 Å². The molecule has 0 atom stereocenters. The zero-order valence-electron chi connectivity index (χ0n) is 4.98. The lowest BCUT2D eigenvalue weighted by atomic mass is 10.3. The molecule has 4 nitrogen and oxygen atoms in total. The van der Waals surface area contributed by atoms with Crippen LogP contribution in [0.2, 0.25) is 0 Å². The van der Waals surface area contributed by atoms with E-state index >= 15 is 0 Å². The Labute approximate surface area is 56.9 Å². The van der Waals surface area contributed by atoms with Crippen molar-refractivity contribution in [2.45, 2.75) is 0 Å². The van der Waals surface area contributed by atoms with Gasteiger partial charge in [-0.15, -0.1) is 0 Å². The fourth-order valence-corrected chi connectivity index (χ4v) is 0.583. The van der Waals surface area contributed by atoms with Gasteiger partial charge in [-0.3, -0.25) is 0 Å². The molecule has 0 bridgehead atoms. The first kappa shape index (κ1) is 6.70. The summed E-state index contributed by atoms with van der Waals surface area (Å²) in [5.41, 5.74) is 0. The normalized spacial score (nSPS) is 9.30. The average Bonchev–Trinajstić information content (AvgIpc) is 1.88. The van der Waals surface area contributed by atoms with Crippen molar-refractivity contribution in [1.82, 2.24) is 0 Å². The van der Waals surface area contributed by atoms with Crippen LogP contribution in [0, 0.1) is 0 Å². The van der Waals surface area contributed by atoms with Crippen LogP contribution in [0.1, 0.15) is 0 Å². The van der Waals surface area contributed by atoms with Crippen molar-refractivity contribution in [2.24, 2.45) is 0 Å². The minimum atomic E-state index is -0.303. The molecule has 0 unspecified atom stereocenters. The number of benzene rings is 1. The molecule has 0 aliphatic rings. The average molecular weight is 142 g/mol. The van der Waals surface area contributed by atoms with Crippen molar-refractivity contribution in [3.63, 3.8) is 0 Å². The molecule has 1 aromatic carbocycles. The predicted octanol–water partition coefficient (Wildman–Crippen LogP) is 0.950. The highest BCUT2D eigenvalue weighted by molar-refractivity contribution is 5.43. The van der Waals surface area contributed by atoms with Gasteiger partial charge in [0.05, 0.1) is 0 Å². The van der Waals surface area contributed by atoms with Gasteiger partial charge >= 0.3 is 0 Å². The number of rotatable bonds is 1. The summed E-state index contributed by atoms with van der Waals surface area (Å²) in [6, 6.07) is 3.58. The van der Waals surface area contributed by atoms with E-state index in [-0.39, 0.29) is 17.2 Å². The molecule has 0 radical (unpaired) electrons. The van der Waals surface area contributed by atoms with Gasteiger partial charge in [-0.1, -0.05) is 0 Å². The van der Waals surface area contributed by atoms with Gasteiger partial charge in [0.2, 0.25) is 5.75 Å². The first-order valence-electron chi connectivity index (χ1n) is 2.57. The first-order valence-corrected chi connectivity index (χ1v) is 2.57. The van der Waals surface area contributed by atoms with Crippen LogP contribution in [-0.4, -0.2) is 15.5 Å². The summed E-state index contributed by atoms with van der Waals surface area (Å²) >= 11 is 0. The molecule has 0 aromatic heterocycles. The first-order chi connectivity index (χ1) is 4.74. The minimum absolute atomic E-state index is 0.0849. The lowest BCUT2D eigenvalue weighted by Crippen LogP contribution is -1.82. The van der Waals surface area contributed by atoms with Crippen LogP contribution < -0.4 is 4.89 Å². The van der Waals surface area contributed by atoms with Gasteiger partial charge in [0.15, 0.2) is 5.75 Å². The van der Waals surface area contributed by atoms with Crippen molar-refractivity contribution < 1.29 is 20.4 Å². The molecule has 10 heavy (non-hydrogen) atoms. The molecule has 0 saturated carbocycles. The fraction of sp³-hybridized carbons (Fsp3) is 0. The van der Waals surface area contributed by atoms with Crippen molar-refractivity contribution >= 4 is 0 Å². The Bertz CT molecular complexity index is 233. The highest BCUT2D eigenvalue weighted by Crippen LogP contribution is 2.28. The van der Waals surface area contributed by atoms with E-state index in [2.05, 4.69) is 4.89 Å². The molecule has 0 amide bonds. The van der Waals surface area contributed by atoms with Crippen LogP contribution in [0.5, 0.6) is 17.2 Å². The molecule has 0 aliphatic carbocycles. The summed E-state index contributed by atoms with van der Waals surface area (Å²) in [7, 11) is 0. The Morgan fingerprint density at radius 1 is 1.20 bits per heavy atom. The van der Waals surface area contributed by atoms with Crippen molar-refractivity contribution in [2.75, 3.05) is 0 Å². The highest BCUT2D eigenvalue weighted by Gasteiger charge is 2.01. The molecule has 0 heterocycles. The summed E-state index contributed by atoms with van der Waals surface area (Å²) in [6.45, 7) is 0. The lowest BCUT2D eigenvalue weighted by Gasteiger charge is -1.98. The topological polar surface area (TPSA) is 69.9 Å². The summed E-state index contributed by atoms with van der Waals surface area (Å²) in [6.07, 6.45) is 0. The quantitative estimate of drug-likeness (QED) is 0.403. The second-order valence-electron chi connectivity index (χ2n) is 1.74. The van der Waals surface area contributed by atoms with E-state index in [9.17, 15) is 0 Å². The molecular formula is C6H6O4. The van der Waals surface area contributed by atoms with Crippen LogP contribution in [0.25, 0.3) is 0 Å². The predicted molar refractivity (Wildman–Crippen MR) is 33.0 cm³/mol. The van der Waals surface area contributed by atoms with Crippen LogP contribution in [-0.2, 0) is 0 Å². The molecule has 0 fully saturated rings. The second-order valence-corrected chi connectivity index (χ2v) is 1.74. The molecule has 1 aromatic rings. The summed E-state index contributed by atoms with van der Waals surface area (Å²) in [5, 5.41) is 25.6. The maximum Gasteiger partial charge on any atom is 0.206 e. The molecule has 3 N–H and O–H groups in total. The third-order valence-corrected chi connectivity index (χ3v) is 1.04. The lowest BCUT2D eigenvalue weighted by molar-refractivity contribution is -0.139. The van der Waals surface area contributed by atoms with Crippen molar-refractivity contribution in [3.05, 3.63) is 18.2 Å². The standard InChI is InChI=1S/C6H6O4/c7-4-1-2-6(10-9)5(8)3-4/h1-3,7-9H. The molecule has 0 spiro atoms. The minimum Gasteiger partial charge on any atom is -0.508 e. The Balaban J connectivity index is 3.07. The summed E-state index contributed by atoms with van der Waals surface area (Å²) in [4.78, 5) is 3.74. The van der Waals surface area contributed by atoms with Gasteiger partial charge in [-0.05, 0) is 12.1 Å². The van der Waals surface area contributed by atoms with Crippen molar-refractivity contribution in [1.29, 1.82) is 0 Å². The van der Waals surface area contributed by atoms with E-state index in [0.29, 0.717) is 0 Å². The van der Waals surface area contributed by atoms with Crippen LogP contribution in [0.15, 0.2) is 18.2 Å². The zero-order chi connectivity index (χ0) is 7.56. The third kappa shape index (κ3) is 1.11. The van der Waals surface area contributed by atoms with E-state index in [1.807, 2.05) is 0 Å². The Morgan fingerprint density at radius 3 is 2.40 bits per heavy atom. The van der Waals surface area contributed by atoms with E-state index in [4.69, 9.17) is 15.5 Å². The monoisotopic (exact) mass is 142 g/mol. The van der Waals surface area contributed by atoms with E-state index in [0.717, 1.165) is 6.07 Å². The second kappa shape index (κ2) is 2.45. The Morgan fingerprint density at radius 2 is 1.90 bits per heavy atom. The Hall–Kier alpha value is -1.42. The number of hydrogen-bond acceptors (Lipinski definition) is 4. The maximum atomic E-state index is 8.85. The van der Waals surface area contributed by atoms with Gasteiger partial charge in [0.25, 0.3) is 0 Å². The van der Waals surface area contributed by atoms with Crippen LogP contribution >= 0.6 is 0 Å². The van der Waals surface area contributed by atoms with Crippen molar-refractivity contribution in [3.8, 4) is 17.2 Å². The smallest absolute Gasteiger partial charge is 0.206 e. The molecule has 1 rings (SSSR count). The number of hydrogen-bond donors (Lipinski definition) is 3. The molecule has 4 heteroatoms. The summed E-state index contributed by atoms with van der Waals surface area (Å²) < 4.78 is 0. The Kier molecular flexibility index (Phi) is 1.64. The number of aromatic hydroxyl groups is 2. The molecule has 0 saturated heterocycles. The number of phenolic OH excluding ortho intramolecular Hbond substituents is 2. The van der Waals surface area contributed by atoms with Gasteiger partial charge < -0.3 is 15.1 Å². The zero-order valence-corrected chi connectivity index (χ0v) is 4.98. The van der Waals surface area contributed by atoms with Crippen LogP contribution in [0.4, 0.5) is 0 Å². The molecule has 54 valence electrons. The molecular weight excluding hydrogens is 136 g/mol. The largest absolute Gasteiger partial charge is 0.508 e.